The van der Waals surface area contributed by atoms with Gasteiger partial charge in [0.05, 0.1) is 10.2 Å². The first-order chi connectivity index (χ1) is 13.2. The molecule has 0 bridgehead atoms. The predicted octanol–water partition coefficient (Wildman–Crippen LogP) is 5.25. The summed E-state index contributed by atoms with van der Waals surface area (Å²) in [5.74, 6) is 0.155. The lowest BCUT2D eigenvalue weighted by Gasteiger charge is -2.06. The van der Waals surface area contributed by atoms with Crippen LogP contribution in [0.5, 0.6) is 11.5 Å². The summed E-state index contributed by atoms with van der Waals surface area (Å²) in [5.41, 5.74) is 2.26. The van der Waals surface area contributed by atoms with Crippen molar-refractivity contribution in [1.82, 2.24) is 10.3 Å². The van der Waals surface area contributed by atoms with Crippen LogP contribution in [0.3, 0.4) is 0 Å². The topological polar surface area (TPSA) is 51.2 Å². The molecule has 6 heteroatoms. The van der Waals surface area contributed by atoms with Crippen molar-refractivity contribution in [3.63, 3.8) is 0 Å². The smallest absolute Gasteiger partial charge is 0.251 e. The van der Waals surface area contributed by atoms with E-state index in [-0.39, 0.29) is 11.7 Å². The molecule has 0 aliphatic heterocycles. The number of rotatable bonds is 4. The highest BCUT2D eigenvalue weighted by Crippen LogP contribution is 2.39. The zero-order valence-electron chi connectivity index (χ0n) is 14.4. The number of ether oxygens (including phenoxy) is 1. The summed E-state index contributed by atoms with van der Waals surface area (Å²) in [7, 11) is 1.60. The van der Waals surface area contributed by atoms with Gasteiger partial charge < -0.3 is 10.1 Å². The largest absolute Gasteiger partial charge is 0.453 e. The van der Waals surface area contributed by atoms with Crippen molar-refractivity contribution in [3.05, 3.63) is 78.2 Å². The fourth-order valence-electron chi connectivity index (χ4n) is 2.74. The lowest BCUT2D eigenvalue weighted by atomic mass is 10.1. The lowest BCUT2D eigenvalue weighted by molar-refractivity contribution is 0.0963. The standard InChI is InChI=1S/C21H15FN2O2S/c1-23-21(25)14-6-4-5-13(11-14)19-12-16-20(27-19)18(9-10-24-16)26-17-8-3-2-7-15(17)22/h2-12H,1H3,(H,23,25). The van der Waals surface area contributed by atoms with E-state index in [1.54, 1.807) is 43.6 Å². The fourth-order valence-corrected chi connectivity index (χ4v) is 3.80. The first-order valence-corrected chi connectivity index (χ1v) is 9.11. The molecule has 4 aromatic rings. The van der Waals surface area contributed by atoms with Crippen molar-refractivity contribution >= 4 is 27.5 Å². The second-order valence-corrected chi connectivity index (χ2v) is 6.88. The Hall–Kier alpha value is -3.25. The van der Waals surface area contributed by atoms with Gasteiger partial charge in [-0.1, -0.05) is 24.3 Å². The van der Waals surface area contributed by atoms with Gasteiger partial charge >= 0.3 is 0 Å². The van der Waals surface area contributed by atoms with E-state index in [0.717, 1.165) is 20.7 Å². The molecule has 2 heterocycles. The summed E-state index contributed by atoms with van der Waals surface area (Å²) < 4.78 is 20.5. The average molecular weight is 378 g/mol. The maximum atomic E-state index is 13.9. The lowest BCUT2D eigenvalue weighted by Crippen LogP contribution is -2.17. The molecule has 0 saturated carbocycles. The molecule has 27 heavy (non-hydrogen) atoms. The van der Waals surface area contributed by atoms with E-state index in [1.165, 1.54) is 17.4 Å². The molecule has 4 rings (SSSR count). The molecule has 0 saturated heterocycles. The van der Waals surface area contributed by atoms with Crippen molar-refractivity contribution in [2.45, 2.75) is 0 Å². The van der Waals surface area contributed by atoms with E-state index in [9.17, 15) is 9.18 Å². The Kier molecular flexibility index (Phi) is 4.56. The van der Waals surface area contributed by atoms with Crippen molar-refractivity contribution in [2.24, 2.45) is 0 Å². The Morgan fingerprint density at radius 2 is 1.93 bits per heavy atom. The van der Waals surface area contributed by atoms with Gasteiger partial charge in [-0.05, 0) is 35.9 Å². The molecule has 0 fully saturated rings. The highest BCUT2D eigenvalue weighted by atomic mass is 32.1. The fraction of sp³-hybridized carbons (Fsp3) is 0.0476. The number of halogens is 1. The number of nitrogens with one attached hydrogen (secondary N) is 1. The number of hydrogen-bond donors (Lipinski definition) is 1. The van der Waals surface area contributed by atoms with Crippen molar-refractivity contribution in [3.8, 4) is 21.9 Å². The molecule has 1 amide bonds. The molecule has 2 aromatic heterocycles. The number of pyridine rings is 1. The van der Waals surface area contributed by atoms with Gasteiger partial charge in [0.1, 0.15) is 5.75 Å². The number of carbonyl (C=O) groups is 1. The number of thiophene rings is 1. The number of para-hydroxylation sites is 1. The first-order valence-electron chi connectivity index (χ1n) is 8.29. The van der Waals surface area contributed by atoms with Gasteiger partial charge in [-0.15, -0.1) is 11.3 Å². The van der Waals surface area contributed by atoms with Gasteiger partial charge in [0.25, 0.3) is 5.91 Å². The van der Waals surface area contributed by atoms with E-state index in [4.69, 9.17) is 4.74 Å². The summed E-state index contributed by atoms with van der Waals surface area (Å²) in [5, 5.41) is 2.62. The minimum atomic E-state index is -0.419. The minimum absolute atomic E-state index is 0.139. The van der Waals surface area contributed by atoms with Gasteiger partial charge in [-0.25, -0.2) is 4.39 Å². The minimum Gasteiger partial charge on any atom is -0.453 e. The zero-order valence-corrected chi connectivity index (χ0v) is 15.2. The molecule has 0 unspecified atom stereocenters. The van der Waals surface area contributed by atoms with Crippen LogP contribution >= 0.6 is 11.3 Å². The first kappa shape index (κ1) is 17.2. The summed E-state index contributed by atoms with van der Waals surface area (Å²) in [6, 6.07) is 17.3. The number of hydrogen-bond acceptors (Lipinski definition) is 4. The van der Waals surface area contributed by atoms with Gasteiger partial charge in [-0.3, -0.25) is 9.78 Å². The molecule has 2 aromatic carbocycles. The molecule has 0 atom stereocenters. The highest BCUT2D eigenvalue weighted by molar-refractivity contribution is 7.22. The van der Waals surface area contributed by atoms with Crippen LogP contribution in [-0.4, -0.2) is 17.9 Å². The molecule has 4 nitrogen and oxygen atoms in total. The van der Waals surface area contributed by atoms with Crippen LogP contribution < -0.4 is 10.1 Å². The van der Waals surface area contributed by atoms with Gasteiger partial charge in [-0.2, -0.15) is 0 Å². The summed E-state index contributed by atoms with van der Waals surface area (Å²) in [6.45, 7) is 0. The maximum Gasteiger partial charge on any atom is 0.251 e. The van der Waals surface area contributed by atoms with E-state index in [1.807, 2.05) is 24.3 Å². The number of amides is 1. The Bertz CT molecular complexity index is 1140. The second-order valence-electron chi connectivity index (χ2n) is 5.83. The molecule has 0 aliphatic rings. The number of fused-ring (bicyclic) bond motifs is 1. The summed E-state index contributed by atoms with van der Waals surface area (Å²) in [4.78, 5) is 17.2. The summed E-state index contributed by atoms with van der Waals surface area (Å²) in [6.07, 6.45) is 1.63. The number of aromatic nitrogens is 1. The maximum absolute atomic E-state index is 13.9. The Labute approximate surface area is 159 Å². The normalized spacial score (nSPS) is 10.7. The molecule has 0 radical (unpaired) electrons. The van der Waals surface area contributed by atoms with Crippen LogP contribution in [0.15, 0.2) is 66.9 Å². The van der Waals surface area contributed by atoms with Crippen LogP contribution in [0.4, 0.5) is 4.39 Å². The van der Waals surface area contributed by atoms with Crippen LogP contribution in [0.1, 0.15) is 10.4 Å². The van der Waals surface area contributed by atoms with Crippen molar-refractivity contribution in [1.29, 1.82) is 0 Å². The Balaban J connectivity index is 1.75. The molecule has 1 N–H and O–H groups in total. The van der Waals surface area contributed by atoms with E-state index >= 15 is 0 Å². The second kappa shape index (κ2) is 7.17. The third-order valence-electron chi connectivity index (χ3n) is 4.07. The SMILES string of the molecule is CNC(=O)c1cccc(-c2cc3nccc(Oc4ccccc4F)c3s2)c1. The van der Waals surface area contributed by atoms with Crippen LogP contribution in [0.25, 0.3) is 20.7 Å². The average Bonchev–Trinajstić information content (AvgIpc) is 3.14. The van der Waals surface area contributed by atoms with Crippen molar-refractivity contribution < 1.29 is 13.9 Å². The molecular formula is C21H15FN2O2S. The third-order valence-corrected chi connectivity index (χ3v) is 5.26. The zero-order chi connectivity index (χ0) is 18.8. The van der Waals surface area contributed by atoms with E-state index in [0.29, 0.717) is 11.3 Å². The molecule has 0 aliphatic carbocycles. The van der Waals surface area contributed by atoms with Gasteiger partial charge in [0.15, 0.2) is 11.6 Å². The Morgan fingerprint density at radius 3 is 2.74 bits per heavy atom. The number of nitrogens with zero attached hydrogens (tertiary/aromatic N) is 1. The van der Waals surface area contributed by atoms with Crippen molar-refractivity contribution in [2.75, 3.05) is 7.05 Å². The predicted molar refractivity (Wildman–Crippen MR) is 105 cm³/mol. The monoisotopic (exact) mass is 378 g/mol. The molecule has 134 valence electrons. The van der Waals surface area contributed by atoms with E-state index in [2.05, 4.69) is 10.3 Å². The van der Waals surface area contributed by atoms with Gasteiger partial charge in [0, 0.05) is 29.8 Å². The van der Waals surface area contributed by atoms with E-state index < -0.39 is 5.82 Å². The van der Waals surface area contributed by atoms with Crippen LogP contribution in [0.2, 0.25) is 0 Å². The highest BCUT2D eigenvalue weighted by Gasteiger charge is 2.13. The van der Waals surface area contributed by atoms with Gasteiger partial charge in [0.2, 0.25) is 0 Å². The quantitative estimate of drug-likeness (QED) is 0.527. The molecular weight excluding hydrogens is 363 g/mol. The third kappa shape index (κ3) is 3.39. The van der Waals surface area contributed by atoms with Crippen LogP contribution in [-0.2, 0) is 0 Å². The molecule has 0 spiro atoms. The Morgan fingerprint density at radius 1 is 1.07 bits per heavy atom. The summed E-state index contributed by atoms with van der Waals surface area (Å²) >= 11 is 1.49. The number of carbonyl (C=O) groups excluding carboxylic acids is 1. The number of benzene rings is 2. The van der Waals surface area contributed by atoms with Crippen LogP contribution in [0, 0.1) is 5.82 Å².